The van der Waals surface area contributed by atoms with Gasteiger partial charge in [-0.25, -0.2) is 15.0 Å². The number of aryl methyl sites for hydroxylation is 4. The van der Waals surface area contributed by atoms with Crippen LogP contribution in [-0.2, 0) is 12.8 Å². The summed E-state index contributed by atoms with van der Waals surface area (Å²) in [6.07, 6.45) is 2.72. The van der Waals surface area contributed by atoms with Gasteiger partial charge in [0, 0.05) is 28.2 Å². The Morgan fingerprint density at radius 2 is 1.18 bits per heavy atom. The van der Waals surface area contributed by atoms with Crippen LogP contribution in [0.4, 0.5) is 0 Å². The van der Waals surface area contributed by atoms with Crippen molar-refractivity contribution in [3.05, 3.63) is 102 Å². The van der Waals surface area contributed by atoms with E-state index in [0.717, 1.165) is 70.0 Å². The summed E-state index contributed by atoms with van der Waals surface area (Å²) < 4.78 is 0. The largest absolute Gasteiger partial charge is 0.251 e. The van der Waals surface area contributed by atoms with Crippen LogP contribution in [0.5, 0.6) is 0 Å². The zero-order valence-electron chi connectivity index (χ0n) is 18.9. The third kappa shape index (κ3) is 4.77. The minimum absolute atomic E-state index is 0.674. The Hall–Kier alpha value is -3.99. The molecular weight excluding hydrogens is 406 g/mol. The summed E-state index contributed by atoms with van der Waals surface area (Å²) in [5.41, 5.74) is 7.66. The van der Waals surface area contributed by atoms with E-state index in [1.165, 1.54) is 0 Å². The van der Waals surface area contributed by atoms with E-state index in [4.69, 9.17) is 19.9 Å². The average Bonchev–Trinajstić information content (AvgIpc) is 2.84. The van der Waals surface area contributed by atoms with Crippen molar-refractivity contribution in [1.29, 1.82) is 0 Å². The minimum atomic E-state index is 0.674. The Morgan fingerprint density at radius 3 is 1.94 bits per heavy atom. The number of pyridine rings is 3. The molecule has 1 aromatic carbocycles. The Kier molecular flexibility index (Phi) is 5.85. The van der Waals surface area contributed by atoms with Crippen LogP contribution < -0.4 is 0 Å². The van der Waals surface area contributed by atoms with Crippen molar-refractivity contribution < 1.29 is 0 Å². The summed E-state index contributed by atoms with van der Waals surface area (Å²) in [6.45, 7) is 4.02. The molecule has 0 amide bonds. The Balaban J connectivity index is 1.29. The number of aromatic nitrogens is 5. The summed E-state index contributed by atoms with van der Waals surface area (Å²) in [5, 5.41) is 1.08. The molecule has 0 bridgehead atoms. The van der Waals surface area contributed by atoms with Crippen LogP contribution in [-0.4, -0.2) is 24.9 Å². The van der Waals surface area contributed by atoms with E-state index in [1.807, 2.05) is 68.4 Å². The second-order valence-electron chi connectivity index (χ2n) is 8.20. The fourth-order valence-corrected chi connectivity index (χ4v) is 3.99. The first-order chi connectivity index (χ1) is 16.2. The molecule has 4 heterocycles. The molecule has 0 radical (unpaired) electrons. The monoisotopic (exact) mass is 431 g/mol. The second-order valence-corrected chi connectivity index (χ2v) is 8.20. The number of hydrogen-bond donors (Lipinski definition) is 0. The highest BCUT2D eigenvalue weighted by Crippen LogP contribution is 2.21. The summed E-state index contributed by atoms with van der Waals surface area (Å²) in [6, 6.07) is 26.3. The van der Waals surface area contributed by atoms with Crippen molar-refractivity contribution >= 4 is 10.9 Å². The molecule has 5 aromatic rings. The molecule has 0 saturated carbocycles. The van der Waals surface area contributed by atoms with Crippen LogP contribution in [0.2, 0.25) is 0 Å². The molecule has 0 saturated heterocycles. The highest BCUT2D eigenvalue weighted by molar-refractivity contribution is 5.82. The minimum Gasteiger partial charge on any atom is -0.251 e. The molecule has 5 rings (SSSR count). The lowest BCUT2D eigenvalue weighted by Gasteiger charge is -2.07. The van der Waals surface area contributed by atoms with Crippen LogP contribution in [0, 0.1) is 13.8 Å². The van der Waals surface area contributed by atoms with Gasteiger partial charge in [-0.3, -0.25) is 9.97 Å². The molecular formula is C28H25N5. The molecule has 162 valence electrons. The average molecular weight is 432 g/mol. The van der Waals surface area contributed by atoms with Gasteiger partial charge in [-0.15, -0.1) is 0 Å². The first-order valence-corrected chi connectivity index (χ1v) is 11.3. The normalized spacial score (nSPS) is 11.1. The van der Waals surface area contributed by atoms with Crippen molar-refractivity contribution in [2.24, 2.45) is 0 Å². The number of nitrogens with zero attached hydrogens (tertiary/aromatic N) is 5. The summed E-state index contributed by atoms with van der Waals surface area (Å²) in [7, 11) is 0. The summed E-state index contributed by atoms with van der Waals surface area (Å²) in [4.78, 5) is 23.7. The third-order valence-corrected chi connectivity index (χ3v) is 5.65. The van der Waals surface area contributed by atoms with E-state index in [2.05, 4.69) is 29.2 Å². The Labute approximate surface area is 193 Å². The fourth-order valence-electron chi connectivity index (χ4n) is 3.99. The molecule has 5 heteroatoms. The van der Waals surface area contributed by atoms with Crippen LogP contribution in [0.1, 0.15) is 29.2 Å². The highest BCUT2D eigenvalue weighted by atomic mass is 14.9. The maximum Gasteiger partial charge on any atom is 0.178 e. The zero-order chi connectivity index (χ0) is 22.6. The maximum absolute atomic E-state index is 4.84. The van der Waals surface area contributed by atoms with Crippen LogP contribution in [0.15, 0.2) is 78.9 Å². The molecule has 5 nitrogen and oxygen atoms in total. The molecule has 0 aliphatic heterocycles. The van der Waals surface area contributed by atoms with Gasteiger partial charge in [0.2, 0.25) is 0 Å². The van der Waals surface area contributed by atoms with Crippen LogP contribution in [0.25, 0.3) is 33.8 Å². The van der Waals surface area contributed by atoms with Crippen LogP contribution >= 0.6 is 0 Å². The molecule has 0 aliphatic carbocycles. The lowest BCUT2D eigenvalue weighted by atomic mass is 10.1. The van der Waals surface area contributed by atoms with Gasteiger partial charge in [0.25, 0.3) is 0 Å². The highest BCUT2D eigenvalue weighted by Gasteiger charge is 2.09. The van der Waals surface area contributed by atoms with Gasteiger partial charge in [0.05, 0.1) is 16.9 Å². The predicted molar refractivity (Wildman–Crippen MR) is 132 cm³/mol. The molecule has 0 spiro atoms. The van der Waals surface area contributed by atoms with Crippen molar-refractivity contribution in [2.75, 3.05) is 0 Å². The van der Waals surface area contributed by atoms with Crippen LogP contribution in [0.3, 0.4) is 0 Å². The topological polar surface area (TPSA) is 64.5 Å². The quantitative estimate of drug-likeness (QED) is 0.333. The standard InChI is InChI=1S/C28H25N5/c1-19-9-5-16-25(29-19)26-17-7-12-21(31-26)10-6-11-22-13-8-18-27(32-22)28-30-20(2)23-14-3-4-15-24(23)33-28/h3-5,7-9,12-18H,6,10-11H2,1-2H3. The Morgan fingerprint density at radius 1 is 0.545 bits per heavy atom. The van der Waals surface area contributed by atoms with Gasteiger partial charge >= 0.3 is 0 Å². The molecule has 0 unspecified atom stereocenters. The van der Waals surface area contributed by atoms with Gasteiger partial charge in [0.1, 0.15) is 5.69 Å². The number of hydrogen-bond acceptors (Lipinski definition) is 5. The van der Waals surface area contributed by atoms with Gasteiger partial charge < -0.3 is 0 Å². The number of benzene rings is 1. The van der Waals surface area contributed by atoms with Gasteiger partial charge in [0.15, 0.2) is 5.82 Å². The SMILES string of the molecule is Cc1cccc(-c2cccc(CCCc3cccc(-c4nc(C)c5ccccc5n4)n3)n2)n1. The van der Waals surface area contributed by atoms with Gasteiger partial charge in [-0.1, -0.05) is 36.4 Å². The zero-order valence-corrected chi connectivity index (χ0v) is 18.9. The molecule has 4 aromatic heterocycles. The first kappa shape index (κ1) is 20.9. The molecule has 0 fully saturated rings. The lowest BCUT2D eigenvalue weighted by Crippen LogP contribution is -2.00. The third-order valence-electron chi connectivity index (χ3n) is 5.65. The van der Waals surface area contributed by atoms with E-state index in [0.29, 0.717) is 5.82 Å². The van der Waals surface area contributed by atoms with Crippen molar-refractivity contribution in [3.63, 3.8) is 0 Å². The van der Waals surface area contributed by atoms with Gasteiger partial charge in [-0.05, 0) is 75.6 Å². The van der Waals surface area contributed by atoms with Crippen molar-refractivity contribution in [2.45, 2.75) is 33.1 Å². The Bertz CT molecular complexity index is 1430. The van der Waals surface area contributed by atoms with E-state index in [-0.39, 0.29) is 0 Å². The molecule has 0 atom stereocenters. The maximum atomic E-state index is 4.84. The molecule has 0 N–H and O–H groups in total. The number of fused-ring (bicyclic) bond motifs is 1. The number of para-hydroxylation sites is 1. The predicted octanol–water partition coefficient (Wildman–Crippen LogP) is 5.94. The van der Waals surface area contributed by atoms with E-state index < -0.39 is 0 Å². The smallest absolute Gasteiger partial charge is 0.178 e. The van der Waals surface area contributed by atoms with Crippen molar-refractivity contribution in [3.8, 4) is 22.9 Å². The van der Waals surface area contributed by atoms with E-state index >= 15 is 0 Å². The molecule has 0 aliphatic rings. The summed E-state index contributed by atoms with van der Waals surface area (Å²) >= 11 is 0. The van der Waals surface area contributed by atoms with E-state index in [1.54, 1.807) is 0 Å². The molecule has 33 heavy (non-hydrogen) atoms. The van der Waals surface area contributed by atoms with E-state index in [9.17, 15) is 0 Å². The first-order valence-electron chi connectivity index (χ1n) is 11.3. The second kappa shape index (κ2) is 9.25. The lowest BCUT2D eigenvalue weighted by molar-refractivity contribution is 0.782. The fraction of sp³-hybridized carbons (Fsp3) is 0.179. The van der Waals surface area contributed by atoms with Crippen molar-refractivity contribution in [1.82, 2.24) is 24.9 Å². The number of rotatable bonds is 6. The van der Waals surface area contributed by atoms with Gasteiger partial charge in [-0.2, -0.15) is 0 Å². The summed E-state index contributed by atoms with van der Waals surface area (Å²) in [5.74, 6) is 0.674.